The fourth-order valence-electron chi connectivity index (χ4n) is 3.70. The number of pyridine rings is 1. The molecule has 0 saturated carbocycles. The van der Waals surface area contributed by atoms with Crippen molar-refractivity contribution in [2.24, 2.45) is 0 Å². The standard InChI is InChI=1S/C22H16N2/c1-14-13-16-6-4-5-15-8-9-18-19(24-20-7-2-3-12-23-20)11-10-17(14)22(18)21(15)16/h2-13H,1H3,(H,23,24). The van der Waals surface area contributed by atoms with Crippen LogP contribution in [0, 0.1) is 6.92 Å². The Kier molecular flexibility index (Phi) is 2.74. The highest BCUT2D eigenvalue weighted by molar-refractivity contribution is 6.26. The first-order valence-corrected chi connectivity index (χ1v) is 8.16. The predicted octanol–water partition coefficient (Wildman–Crippen LogP) is 6.03. The van der Waals surface area contributed by atoms with Crippen LogP contribution in [-0.4, -0.2) is 4.98 Å². The van der Waals surface area contributed by atoms with E-state index >= 15 is 0 Å². The maximum atomic E-state index is 4.39. The van der Waals surface area contributed by atoms with Crippen molar-refractivity contribution >= 4 is 43.8 Å². The quantitative estimate of drug-likeness (QED) is 0.403. The average Bonchev–Trinajstić information content (AvgIpc) is 2.62. The molecule has 4 aromatic carbocycles. The second kappa shape index (κ2) is 4.93. The molecule has 0 aliphatic rings. The van der Waals surface area contributed by atoms with Crippen molar-refractivity contribution in [2.45, 2.75) is 6.92 Å². The molecule has 0 radical (unpaired) electrons. The summed E-state index contributed by atoms with van der Waals surface area (Å²) < 4.78 is 0. The summed E-state index contributed by atoms with van der Waals surface area (Å²) in [5.74, 6) is 0.865. The Labute approximate surface area is 140 Å². The minimum atomic E-state index is 0.865. The number of rotatable bonds is 2. The Morgan fingerprint density at radius 1 is 0.750 bits per heavy atom. The van der Waals surface area contributed by atoms with E-state index in [2.05, 4.69) is 65.8 Å². The van der Waals surface area contributed by atoms with Gasteiger partial charge >= 0.3 is 0 Å². The molecule has 5 aromatic rings. The zero-order chi connectivity index (χ0) is 16.1. The molecule has 1 heterocycles. The van der Waals surface area contributed by atoms with Crippen molar-refractivity contribution in [3.63, 3.8) is 0 Å². The van der Waals surface area contributed by atoms with Crippen LogP contribution in [-0.2, 0) is 0 Å². The van der Waals surface area contributed by atoms with Gasteiger partial charge in [-0.3, -0.25) is 0 Å². The third-order valence-electron chi connectivity index (χ3n) is 4.78. The molecule has 0 saturated heterocycles. The number of anilines is 2. The third-order valence-corrected chi connectivity index (χ3v) is 4.78. The average molecular weight is 308 g/mol. The SMILES string of the molecule is Cc1cc2cccc3ccc4c(Nc5ccccn5)ccc1c4c32. The number of aromatic nitrogens is 1. The van der Waals surface area contributed by atoms with E-state index in [1.807, 2.05) is 24.4 Å². The van der Waals surface area contributed by atoms with Crippen LogP contribution in [0.1, 0.15) is 5.56 Å². The van der Waals surface area contributed by atoms with Gasteiger partial charge in [0, 0.05) is 17.3 Å². The van der Waals surface area contributed by atoms with Gasteiger partial charge in [-0.05, 0) is 57.6 Å². The molecule has 2 heteroatoms. The van der Waals surface area contributed by atoms with Gasteiger partial charge in [0.15, 0.2) is 0 Å². The molecule has 0 aliphatic carbocycles. The second-order valence-corrected chi connectivity index (χ2v) is 6.26. The summed E-state index contributed by atoms with van der Waals surface area (Å²) in [7, 11) is 0. The van der Waals surface area contributed by atoms with Crippen molar-refractivity contribution in [1.82, 2.24) is 4.98 Å². The molecule has 24 heavy (non-hydrogen) atoms. The molecule has 1 N–H and O–H groups in total. The first-order valence-electron chi connectivity index (χ1n) is 8.16. The van der Waals surface area contributed by atoms with E-state index in [1.165, 1.54) is 37.9 Å². The highest BCUT2D eigenvalue weighted by Gasteiger charge is 2.12. The van der Waals surface area contributed by atoms with E-state index in [9.17, 15) is 0 Å². The predicted molar refractivity (Wildman–Crippen MR) is 102 cm³/mol. The van der Waals surface area contributed by atoms with Crippen molar-refractivity contribution in [3.05, 3.63) is 78.5 Å². The summed E-state index contributed by atoms with van der Waals surface area (Å²) in [6.07, 6.45) is 1.81. The van der Waals surface area contributed by atoms with Crippen LogP contribution in [0.25, 0.3) is 32.3 Å². The molecule has 0 fully saturated rings. The lowest BCUT2D eigenvalue weighted by molar-refractivity contribution is 1.31. The molecular formula is C22H16N2. The number of hydrogen-bond acceptors (Lipinski definition) is 2. The Morgan fingerprint density at radius 3 is 2.50 bits per heavy atom. The number of hydrogen-bond donors (Lipinski definition) is 1. The van der Waals surface area contributed by atoms with Crippen LogP contribution in [0.4, 0.5) is 11.5 Å². The molecule has 0 amide bonds. The second-order valence-electron chi connectivity index (χ2n) is 6.26. The summed E-state index contributed by atoms with van der Waals surface area (Å²) in [4.78, 5) is 4.39. The van der Waals surface area contributed by atoms with Crippen molar-refractivity contribution < 1.29 is 0 Å². The zero-order valence-corrected chi connectivity index (χ0v) is 13.4. The Bertz CT molecular complexity index is 1180. The molecule has 0 spiro atoms. The molecular weight excluding hydrogens is 292 g/mol. The molecule has 5 rings (SSSR count). The lowest BCUT2D eigenvalue weighted by atomic mass is 9.91. The van der Waals surface area contributed by atoms with E-state index < -0.39 is 0 Å². The highest BCUT2D eigenvalue weighted by atomic mass is 15.0. The fraction of sp³-hybridized carbons (Fsp3) is 0.0455. The van der Waals surface area contributed by atoms with Gasteiger partial charge in [-0.15, -0.1) is 0 Å². The summed E-state index contributed by atoms with van der Waals surface area (Å²) in [6, 6.07) is 23.5. The van der Waals surface area contributed by atoms with E-state index in [4.69, 9.17) is 0 Å². The Balaban J connectivity index is 1.87. The Morgan fingerprint density at radius 2 is 1.62 bits per heavy atom. The molecule has 0 unspecified atom stereocenters. The zero-order valence-electron chi connectivity index (χ0n) is 13.4. The Hall–Kier alpha value is -3.13. The lowest BCUT2D eigenvalue weighted by Gasteiger charge is -2.16. The lowest BCUT2D eigenvalue weighted by Crippen LogP contribution is -1.95. The molecule has 1 aromatic heterocycles. The van der Waals surface area contributed by atoms with Crippen LogP contribution in [0.2, 0.25) is 0 Å². The highest BCUT2D eigenvalue weighted by Crippen LogP contribution is 2.39. The first-order chi connectivity index (χ1) is 11.8. The van der Waals surface area contributed by atoms with Crippen molar-refractivity contribution in [1.29, 1.82) is 0 Å². The maximum absolute atomic E-state index is 4.39. The third kappa shape index (κ3) is 1.86. The van der Waals surface area contributed by atoms with Gasteiger partial charge in [0.05, 0.1) is 0 Å². The van der Waals surface area contributed by atoms with Gasteiger partial charge < -0.3 is 5.32 Å². The molecule has 0 aliphatic heterocycles. The van der Waals surface area contributed by atoms with Gasteiger partial charge in [-0.25, -0.2) is 4.98 Å². The van der Waals surface area contributed by atoms with Gasteiger partial charge in [0.25, 0.3) is 0 Å². The normalized spacial score (nSPS) is 11.5. The maximum Gasteiger partial charge on any atom is 0.130 e. The van der Waals surface area contributed by atoms with Crippen molar-refractivity contribution in [3.8, 4) is 0 Å². The van der Waals surface area contributed by atoms with Gasteiger partial charge in [0.2, 0.25) is 0 Å². The minimum Gasteiger partial charge on any atom is -0.340 e. The fourth-order valence-corrected chi connectivity index (χ4v) is 3.70. The summed E-state index contributed by atoms with van der Waals surface area (Å²) in [5, 5.41) is 11.3. The monoisotopic (exact) mass is 308 g/mol. The number of nitrogens with one attached hydrogen (secondary N) is 1. The molecule has 0 atom stereocenters. The van der Waals surface area contributed by atoms with Crippen LogP contribution < -0.4 is 5.32 Å². The number of nitrogens with zero attached hydrogens (tertiary/aromatic N) is 1. The van der Waals surface area contributed by atoms with E-state index in [0.717, 1.165) is 11.5 Å². The largest absolute Gasteiger partial charge is 0.340 e. The van der Waals surface area contributed by atoms with E-state index in [1.54, 1.807) is 0 Å². The number of aryl methyl sites for hydroxylation is 1. The van der Waals surface area contributed by atoms with Crippen molar-refractivity contribution in [2.75, 3.05) is 5.32 Å². The minimum absolute atomic E-state index is 0.865. The van der Waals surface area contributed by atoms with E-state index in [0.29, 0.717) is 0 Å². The van der Waals surface area contributed by atoms with Crippen LogP contribution in [0.15, 0.2) is 72.9 Å². The summed E-state index contributed by atoms with van der Waals surface area (Å²) in [5.41, 5.74) is 2.41. The first kappa shape index (κ1) is 13.3. The van der Waals surface area contributed by atoms with Gasteiger partial charge in [-0.2, -0.15) is 0 Å². The van der Waals surface area contributed by atoms with Crippen LogP contribution in [0.3, 0.4) is 0 Å². The van der Waals surface area contributed by atoms with Crippen LogP contribution >= 0.6 is 0 Å². The molecule has 114 valence electrons. The van der Waals surface area contributed by atoms with Gasteiger partial charge in [0.1, 0.15) is 5.82 Å². The summed E-state index contributed by atoms with van der Waals surface area (Å²) in [6.45, 7) is 2.19. The number of benzene rings is 4. The smallest absolute Gasteiger partial charge is 0.130 e. The molecule has 2 nitrogen and oxygen atoms in total. The van der Waals surface area contributed by atoms with Crippen LogP contribution in [0.5, 0.6) is 0 Å². The molecule has 0 bridgehead atoms. The van der Waals surface area contributed by atoms with E-state index in [-0.39, 0.29) is 0 Å². The topological polar surface area (TPSA) is 24.9 Å². The van der Waals surface area contributed by atoms with Gasteiger partial charge in [-0.1, -0.05) is 48.5 Å². The summed E-state index contributed by atoms with van der Waals surface area (Å²) >= 11 is 0.